The van der Waals surface area contributed by atoms with Crippen molar-refractivity contribution in [3.05, 3.63) is 54.6 Å². The van der Waals surface area contributed by atoms with Gasteiger partial charge < -0.3 is 9.88 Å². The summed E-state index contributed by atoms with van der Waals surface area (Å²) in [6, 6.07) is 10.2. The fourth-order valence-corrected chi connectivity index (χ4v) is 2.65. The van der Waals surface area contributed by atoms with Crippen molar-refractivity contribution >= 4 is 5.91 Å². The Bertz CT molecular complexity index is 573. The molecule has 1 aliphatic carbocycles. The molecule has 2 aromatic rings. The van der Waals surface area contributed by atoms with E-state index in [1.165, 1.54) is 0 Å². The molecule has 1 unspecified atom stereocenters. The molecular weight excluding hydrogens is 250 g/mol. The lowest BCUT2D eigenvalue weighted by Crippen LogP contribution is -2.41. The van der Waals surface area contributed by atoms with Crippen LogP contribution < -0.4 is 5.32 Å². The average molecular weight is 269 g/mol. The van der Waals surface area contributed by atoms with Crippen LogP contribution in [0.25, 0.3) is 0 Å². The summed E-state index contributed by atoms with van der Waals surface area (Å²) in [5, 5.41) is 3.13. The summed E-state index contributed by atoms with van der Waals surface area (Å²) in [4.78, 5) is 16.5. The van der Waals surface area contributed by atoms with Gasteiger partial charge in [0, 0.05) is 25.0 Å². The van der Waals surface area contributed by atoms with E-state index in [0.29, 0.717) is 0 Å². The van der Waals surface area contributed by atoms with Crippen LogP contribution in [0.2, 0.25) is 0 Å². The number of imidazole rings is 1. The second-order valence-electron chi connectivity index (χ2n) is 5.58. The highest BCUT2D eigenvalue weighted by molar-refractivity contribution is 5.91. The van der Waals surface area contributed by atoms with E-state index in [1.807, 2.05) is 48.0 Å². The first-order valence-corrected chi connectivity index (χ1v) is 7.03. The summed E-state index contributed by atoms with van der Waals surface area (Å²) in [5.41, 5.74) is 0.845. The van der Waals surface area contributed by atoms with Crippen LogP contribution in [0.3, 0.4) is 0 Å². The number of carbonyl (C=O) groups is 1. The zero-order valence-electron chi connectivity index (χ0n) is 11.6. The molecule has 1 amide bonds. The Morgan fingerprint density at radius 3 is 2.75 bits per heavy atom. The van der Waals surface area contributed by atoms with Crippen LogP contribution in [-0.2, 0) is 16.8 Å². The molecule has 1 N–H and O–H groups in total. The van der Waals surface area contributed by atoms with Crippen LogP contribution in [0.1, 0.15) is 25.3 Å². The lowest BCUT2D eigenvalue weighted by atomic mass is 9.95. The van der Waals surface area contributed by atoms with E-state index in [1.54, 1.807) is 12.5 Å². The summed E-state index contributed by atoms with van der Waals surface area (Å²) in [5.74, 6) is 0.149. The molecule has 0 saturated heterocycles. The number of carbonyl (C=O) groups excluding carboxylic acids is 1. The molecule has 0 aliphatic heterocycles. The van der Waals surface area contributed by atoms with Gasteiger partial charge in [-0.25, -0.2) is 4.98 Å². The molecule has 4 heteroatoms. The third kappa shape index (κ3) is 2.46. The number of rotatable bonds is 5. The first-order chi connectivity index (χ1) is 9.71. The number of hydrogen-bond donors (Lipinski definition) is 1. The van der Waals surface area contributed by atoms with Gasteiger partial charge in [-0.05, 0) is 25.3 Å². The summed E-state index contributed by atoms with van der Waals surface area (Å²) in [6.07, 6.45) is 7.32. The first-order valence-electron chi connectivity index (χ1n) is 7.03. The average Bonchev–Trinajstić information content (AvgIpc) is 3.13. The van der Waals surface area contributed by atoms with Crippen molar-refractivity contribution in [2.45, 2.75) is 37.8 Å². The lowest BCUT2D eigenvalue weighted by molar-refractivity contribution is -0.124. The van der Waals surface area contributed by atoms with Crippen molar-refractivity contribution in [1.29, 1.82) is 0 Å². The van der Waals surface area contributed by atoms with Gasteiger partial charge in [0.05, 0.1) is 11.7 Å². The van der Waals surface area contributed by atoms with Gasteiger partial charge in [-0.3, -0.25) is 4.79 Å². The van der Waals surface area contributed by atoms with E-state index < -0.39 is 0 Å². The first kappa shape index (κ1) is 12.9. The molecule has 20 heavy (non-hydrogen) atoms. The number of nitrogens with one attached hydrogen (secondary N) is 1. The van der Waals surface area contributed by atoms with Crippen molar-refractivity contribution in [3.63, 3.8) is 0 Å². The molecule has 104 valence electrons. The Balaban J connectivity index is 1.65. The zero-order valence-corrected chi connectivity index (χ0v) is 11.6. The van der Waals surface area contributed by atoms with Gasteiger partial charge in [-0.2, -0.15) is 0 Å². The predicted molar refractivity (Wildman–Crippen MR) is 77.2 cm³/mol. The second kappa shape index (κ2) is 5.12. The maximum atomic E-state index is 12.5. The van der Waals surface area contributed by atoms with Crippen molar-refractivity contribution in [1.82, 2.24) is 14.9 Å². The van der Waals surface area contributed by atoms with Crippen LogP contribution in [-0.4, -0.2) is 21.5 Å². The van der Waals surface area contributed by atoms with Gasteiger partial charge in [0.2, 0.25) is 5.91 Å². The predicted octanol–water partition coefficient (Wildman–Crippen LogP) is 2.12. The highest BCUT2D eigenvalue weighted by Crippen LogP contribution is 2.48. The van der Waals surface area contributed by atoms with E-state index >= 15 is 0 Å². The molecule has 0 radical (unpaired) electrons. The van der Waals surface area contributed by atoms with Gasteiger partial charge in [0.15, 0.2) is 0 Å². The summed E-state index contributed by atoms with van der Waals surface area (Å²) < 4.78 is 1.98. The van der Waals surface area contributed by atoms with Gasteiger partial charge in [-0.1, -0.05) is 30.3 Å². The maximum Gasteiger partial charge on any atom is 0.230 e. The Hall–Kier alpha value is -2.10. The highest BCUT2D eigenvalue weighted by Gasteiger charge is 2.51. The molecule has 1 saturated carbocycles. The largest absolute Gasteiger partial charge is 0.351 e. The van der Waals surface area contributed by atoms with Crippen LogP contribution in [0.4, 0.5) is 0 Å². The molecule has 1 heterocycles. The quantitative estimate of drug-likeness (QED) is 0.903. The fraction of sp³-hybridized carbons (Fsp3) is 0.375. The van der Waals surface area contributed by atoms with E-state index in [2.05, 4.69) is 10.3 Å². The molecule has 1 atom stereocenters. The molecular formula is C16H19N3O. The molecule has 1 aromatic carbocycles. The molecule has 1 aromatic heterocycles. The standard InChI is InChI=1S/C16H19N3O/c1-13(11-19-10-9-17-12-19)18-15(20)16(7-8-16)14-5-3-2-4-6-14/h2-6,9-10,12-13H,7-8,11H2,1H3,(H,18,20). The molecule has 3 rings (SSSR count). The summed E-state index contributed by atoms with van der Waals surface area (Å²) in [7, 11) is 0. The minimum absolute atomic E-state index is 0.0953. The number of nitrogens with zero attached hydrogens (tertiary/aromatic N) is 2. The highest BCUT2D eigenvalue weighted by atomic mass is 16.2. The minimum Gasteiger partial charge on any atom is -0.351 e. The van der Waals surface area contributed by atoms with Crippen molar-refractivity contribution < 1.29 is 4.79 Å². The summed E-state index contributed by atoms with van der Waals surface area (Å²) in [6.45, 7) is 2.77. The third-order valence-electron chi connectivity index (χ3n) is 3.93. The smallest absolute Gasteiger partial charge is 0.230 e. The number of aromatic nitrogens is 2. The Morgan fingerprint density at radius 2 is 2.15 bits per heavy atom. The van der Waals surface area contributed by atoms with Crippen LogP contribution >= 0.6 is 0 Å². The normalized spacial score (nSPS) is 17.4. The van der Waals surface area contributed by atoms with Crippen molar-refractivity contribution in [2.75, 3.05) is 0 Å². The zero-order chi connectivity index (χ0) is 14.0. The molecule has 1 fully saturated rings. The van der Waals surface area contributed by atoms with Crippen LogP contribution in [0, 0.1) is 0 Å². The Labute approximate surface area is 118 Å². The third-order valence-corrected chi connectivity index (χ3v) is 3.93. The van der Waals surface area contributed by atoms with Crippen LogP contribution in [0.15, 0.2) is 49.1 Å². The SMILES string of the molecule is CC(Cn1ccnc1)NC(=O)C1(c2ccccc2)CC1. The fourth-order valence-electron chi connectivity index (χ4n) is 2.65. The lowest BCUT2D eigenvalue weighted by Gasteiger charge is -2.20. The molecule has 0 spiro atoms. The molecule has 0 bridgehead atoms. The van der Waals surface area contributed by atoms with Gasteiger partial charge in [0.1, 0.15) is 0 Å². The minimum atomic E-state index is -0.287. The monoisotopic (exact) mass is 269 g/mol. The van der Waals surface area contributed by atoms with E-state index in [0.717, 1.165) is 24.9 Å². The number of amides is 1. The van der Waals surface area contributed by atoms with E-state index in [-0.39, 0.29) is 17.4 Å². The Kier molecular flexibility index (Phi) is 3.30. The van der Waals surface area contributed by atoms with E-state index in [4.69, 9.17) is 0 Å². The van der Waals surface area contributed by atoms with Gasteiger partial charge in [0.25, 0.3) is 0 Å². The van der Waals surface area contributed by atoms with Crippen molar-refractivity contribution in [3.8, 4) is 0 Å². The number of hydrogen-bond acceptors (Lipinski definition) is 2. The van der Waals surface area contributed by atoms with Crippen molar-refractivity contribution in [2.24, 2.45) is 0 Å². The molecule has 4 nitrogen and oxygen atoms in total. The topological polar surface area (TPSA) is 46.9 Å². The maximum absolute atomic E-state index is 12.5. The van der Waals surface area contributed by atoms with E-state index in [9.17, 15) is 4.79 Å². The Morgan fingerprint density at radius 1 is 1.40 bits per heavy atom. The second-order valence-corrected chi connectivity index (χ2v) is 5.58. The molecule has 1 aliphatic rings. The van der Waals surface area contributed by atoms with Gasteiger partial charge in [-0.15, -0.1) is 0 Å². The van der Waals surface area contributed by atoms with Gasteiger partial charge >= 0.3 is 0 Å². The number of benzene rings is 1. The summed E-state index contributed by atoms with van der Waals surface area (Å²) >= 11 is 0. The van der Waals surface area contributed by atoms with Crippen LogP contribution in [0.5, 0.6) is 0 Å².